The second-order valence-corrected chi connectivity index (χ2v) is 7.52. The molecule has 0 radical (unpaired) electrons. The zero-order valence-electron chi connectivity index (χ0n) is 18.2. The van der Waals surface area contributed by atoms with Crippen molar-refractivity contribution >= 4 is 16.9 Å². The predicted octanol–water partition coefficient (Wildman–Crippen LogP) is 5.70. The van der Waals surface area contributed by atoms with Gasteiger partial charge in [-0.2, -0.15) is 0 Å². The van der Waals surface area contributed by atoms with Crippen molar-refractivity contribution in [2.75, 3.05) is 13.7 Å². The quantitative estimate of drug-likeness (QED) is 0.365. The summed E-state index contributed by atoms with van der Waals surface area (Å²) in [6.07, 6.45) is 0.229. The first-order valence-electron chi connectivity index (χ1n) is 10.6. The molecule has 158 valence electrons. The molecule has 0 spiro atoms. The third-order valence-electron chi connectivity index (χ3n) is 5.70. The maximum atomic E-state index is 12.4. The number of carbonyl (C=O) groups excluding carboxylic acids is 1. The van der Waals surface area contributed by atoms with Gasteiger partial charge in [0.25, 0.3) is 0 Å². The maximum Gasteiger partial charge on any atom is 0.310 e. The lowest BCUT2D eigenvalue weighted by Crippen LogP contribution is -2.14. The van der Waals surface area contributed by atoms with Crippen LogP contribution in [-0.4, -0.2) is 24.3 Å². The average molecular weight is 414 g/mol. The van der Waals surface area contributed by atoms with E-state index in [-0.39, 0.29) is 18.4 Å². The standard InChI is InChI=1S/C27H27NO3/c1-4-31-26(29)18-23-19(2)28(25-16-15-22(30-3)17-24(23)25)27(20-11-7-5-8-12-20)21-13-9-6-10-14-21/h5-17,27H,4,18H2,1-3H3. The van der Waals surface area contributed by atoms with E-state index < -0.39 is 0 Å². The highest BCUT2D eigenvalue weighted by molar-refractivity contribution is 5.91. The molecule has 4 nitrogen and oxygen atoms in total. The summed E-state index contributed by atoms with van der Waals surface area (Å²) < 4.78 is 13.1. The molecule has 0 unspecified atom stereocenters. The highest BCUT2D eigenvalue weighted by atomic mass is 16.5. The van der Waals surface area contributed by atoms with Gasteiger partial charge in [-0.05, 0) is 48.7 Å². The normalized spacial score (nSPS) is 11.1. The number of aromatic nitrogens is 1. The molecule has 4 rings (SSSR count). The Morgan fingerprint density at radius 1 is 0.935 bits per heavy atom. The van der Waals surface area contributed by atoms with Gasteiger partial charge in [-0.25, -0.2) is 0 Å². The van der Waals surface area contributed by atoms with Gasteiger partial charge in [-0.1, -0.05) is 60.7 Å². The van der Waals surface area contributed by atoms with Crippen molar-refractivity contribution in [3.8, 4) is 5.75 Å². The summed E-state index contributed by atoms with van der Waals surface area (Å²) in [5.74, 6) is 0.550. The Labute approximate surface area is 183 Å². The zero-order chi connectivity index (χ0) is 21.8. The fraction of sp³-hybridized carbons (Fsp3) is 0.222. The van der Waals surface area contributed by atoms with Gasteiger partial charge in [-0.15, -0.1) is 0 Å². The molecule has 0 saturated heterocycles. The molecule has 4 heteroatoms. The van der Waals surface area contributed by atoms with Gasteiger partial charge in [0, 0.05) is 16.6 Å². The van der Waals surface area contributed by atoms with Gasteiger partial charge in [0.2, 0.25) is 0 Å². The van der Waals surface area contributed by atoms with Crippen LogP contribution in [0.2, 0.25) is 0 Å². The van der Waals surface area contributed by atoms with E-state index in [1.165, 1.54) is 11.1 Å². The van der Waals surface area contributed by atoms with Crippen molar-refractivity contribution in [2.45, 2.75) is 26.3 Å². The van der Waals surface area contributed by atoms with Crippen LogP contribution in [0.3, 0.4) is 0 Å². The summed E-state index contributed by atoms with van der Waals surface area (Å²) >= 11 is 0. The molecule has 0 bridgehead atoms. The monoisotopic (exact) mass is 413 g/mol. The SMILES string of the molecule is CCOC(=O)Cc1c(C)n(C(c2ccccc2)c2ccccc2)c2ccc(OC)cc12. The van der Waals surface area contributed by atoms with Crippen LogP contribution < -0.4 is 4.74 Å². The minimum Gasteiger partial charge on any atom is -0.497 e. The van der Waals surface area contributed by atoms with Crippen LogP contribution in [0.25, 0.3) is 10.9 Å². The van der Waals surface area contributed by atoms with Crippen molar-refractivity contribution < 1.29 is 14.3 Å². The molecule has 0 saturated carbocycles. The number of rotatable bonds is 7. The minimum absolute atomic E-state index is 0.0192. The number of hydrogen-bond donors (Lipinski definition) is 0. The van der Waals surface area contributed by atoms with E-state index in [4.69, 9.17) is 9.47 Å². The molecule has 0 aliphatic heterocycles. The van der Waals surface area contributed by atoms with Crippen LogP contribution in [0.1, 0.15) is 35.3 Å². The third-order valence-corrected chi connectivity index (χ3v) is 5.70. The summed E-state index contributed by atoms with van der Waals surface area (Å²) in [7, 11) is 1.66. The molecule has 0 atom stereocenters. The van der Waals surface area contributed by atoms with E-state index >= 15 is 0 Å². The lowest BCUT2D eigenvalue weighted by molar-refractivity contribution is -0.142. The molecule has 31 heavy (non-hydrogen) atoms. The topological polar surface area (TPSA) is 40.5 Å². The number of ether oxygens (including phenoxy) is 2. The molecular weight excluding hydrogens is 386 g/mol. The molecular formula is C27H27NO3. The van der Waals surface area contributed by atoms with Crippen LogP contribution >= 0.6 is 0 Å². The summed E-state index contributed by atoms with van der Waals surface area (Å²) in [5.41, 5.74) is 5.47. The molecule has 0 aliphatic carbocycles. The summed E-state index contributed by atoms with van der Waals surface area (Å²) in [4.78, 5) is 12.4. The number of carbonyl (C=O) groups is 1. The number of nitrogens with zero attached hydrogens (tertiary/aromatic N) is 1. The Bertz CT molecular complexity index is 1140. The van der Waals surface area contributed by atoms with Gasteiger partial charge in [0.15, 0.2) is 0 Å². The first-order valence-corrected chi connectivity index (χ1v) is 10.6. The highest BCUT2D eigenvalue weighted by Gasteiger charge is 2.25. The van der Waals surface area contributed by atoms with E-state index in [2.05, 4.69) is 66.1 Å². The van der Waals surface area contributed by atoms with Gasteiger partial charge >= 0.3 is 5.97 Å². The van der Waals surface area contributed by atoms with E-state index in [1.54, 1.807) is 7.11 Å². The second kappa shape index (κ2) is 9.09. The molecule has 1 aromatic heterocycles. The first-order chi connectivity index (χ1) is 15.1. The van der Waals surface area contributed by atoms with Crippen LogP contribution in [-0.2, 0) is 16.0 Å². The molecule has 3 aromatic carbocycles. The molecule has 0 N–H and O–H groups in total. The van der Waals surface area contributed by atoms with E-state index in [1.807, 2.05) is 31.2 Å². The van der Waals surface area contributed by atoms with Crippen molar-refractivity contribution in [3.63, 3.8) is 0 Å². The van der Waals surface area contributed by atoms with Crippen LogP contribution in [0, 0.1) is 6.92 Å². The van der Waals surface area contributed by atoms with Crippen molar-refractivity contribution in [1.82, 2.24) is 4.57 Å². The molecule has 0 aliphatic rings. The number of esters is 1. The van der Waals surface area contributed by atoms with Crippen molar-refractivity contribution in [2.24, 2.45) is 0 Å². The average Bonchev–Trinajstić information content (AvgIpc) is 3.06. The molecule has 0 fully saturated rings. The molecule has 0 amide bonds. The van der Waals surface area contributed by atoms with Gasteiger partial charge < -0.3 is 14.0 Å². The van der Waals surface area contributed by atoms with Crippen LogP contribution in [0.4, 0.5) is 0 Å². The smallest absolute Gasteiger partial charge is 0.310 e. The Morgan fingerprint density at radius 3 is 2.10 bits per heavy atom. The number of benzene rings is 3. The van der Waals surface area contributed by atoms with Crippen LogP contribution in [0.15, 0.2) is 78.9 Å². The molecule has 4 aromatic rings. The number of fused-ring (bicyclic) bond motifs is 1. The van der Waals surface area contributed by atoms with Crippen molar-refractivity contribution in [1.29, 1.82) is 0 Å². The number of hydrogen-bond acceptors (Lipinski definition) is 3. The van der Waals surface area contributed by atoms with Gasteiger partial charge in [0.05, 0.1) is 26.2 Å². The fourth-order valence-electron chi connectivity index (χ4n) is 4.29. The summed E-state index contributed by atoms with van der Waals surface area (Å²) in [6.45, 7) is 4.29. The minimum atomic E-state index is -0.219. The Morgan fingerprint density at radius 2 is 1.55 bits per heavy atom. The lowest BCUT2D eigenvalue weighted by atomic mass is 9.98. The highest BCUT2D eigenvalue weighted by Crippen LogP contribution is 2.37. The third kappa shape index (κ3) is 4.06. The largest absolute Gasteiger partial charge is 0.497 e. The first kappa shape index (κ1) is 20.7. The lowest BCUT2D eigenvalue weighted by Gasteiger charge is -2.23. The summed E-state index contributed by atoms with van der Waals surface area (Å²) in [6, 6.07) is 27.0. The fourth-order valence-corrected chi connectivity index (χ4v) is 4.29. The number of methoxy groups -OCH3 is 1. The molecule has 1 heterocycles. The van der Waals surface area contributed by atoms with Crippen LogP contribution in [0.5, 0.6) is 5.75 Å². The predicted molar refractivity (Wildman–Crippen MR) is 124 cm³/mol. The Kier molecular flexibility index (Phi) is 6.08. The second-order valence-electron chi connectivity index (χ2n) is 7.52. The maximum absolute atomic E-state index is 12.4. The van der Waals surface area contributed by atoms with Gasteiger partial charge in [0.1, 0.15) is 5.75 Å². The van der Waals surface area contributed by atoms with E-state index in [0.29, 0.717) is 6.61 Å². The summed E-state index contributed by atoms with van der Waals surface area (Å²) in [5, 5.41) is 1.02. The Hall–Kier alpha value is -3.53. The van der Waals surface area contributed by atoms with E-state index in [9.17, 15) is 4.79 Å². The van der Waals surface area contributed by atoms with E-state index in [0.717, 1.165) is 27.9 Å². The van der Waals surface area contributed by atoms with Gasteiger partial charge in [-0.3, -0.25) is 4.79 Å². The zero-order valence-corrected chi connectivity index (χ0v) is 18.2. The Balaban J connectivity index is 1.98. The van der Waals surface area contributed by atoms with Crippen molar-refractivity contribution in [3.05, 3.63) is 101 Å².